The van der Waals surface area contributed by atoms with Crippen molar-refractivity contribution in [3.8, 4) is 11.1 Å². The van der Waals surface area contributed by atoms with Crippen LogP contribution in [-0.2, 0) is 6.54 Å². The minimum Gasteiger partial charge on any atom is -0.398 e. The van der Waals surface area contributed by atoms with Crippen LogP contribution >= 0.6 is 11.6 Å². The highest BCUT2D eigenvalue weighted by atomic mass is 35.5. The summed E-state index contributed by atoms with van der Waals surface area (Å²) < 4.78 is 16.2. The number of rotatable bonds is 7. The first-order valence-corrected chi connectivity index (χ1v) is 10.3. The van der Waals surface area contributed by atoms with E-state index in [9.17, 15) is 4.39 Å². The topological polar surface area (TPSA) is 106 Å². The molecule has 3 heterocycles. The minimum atomic E-state index is -0.522. The van der Waals surface area contributed by atoms with Crippen LogP contribution in [0.15, 0.2) is 55.0 Å². The number of pyridine rings is 2. The Balaban J connectivity index is 1.75. The van der Waals surface area contributed by atoms with Crippen LogP contribution in [0.2, 0.25) is 5.02 Å². The molecule has 0 amide bonds. The van der Waals surface area contributed by atoms with Crippen LogP contribution in [0, 0.1) is 11.2 Å². The molecule has 0 radical (unpaired) electrons. The maximum atomic E-state index is 14.3. The van der Waals surface area contributed by atoms with Gasteiger partial charge in [-0.05, 0) is 43.4 Å². The smallest absolute Gasteiger partial charge is 0.132 e. The average molecular weight is 450 g/mol. The Bertz CT molecular complexity index is 1330. The number of hydrogen-bond acceptors (Lipinski definition) is 6. The third-order valence-corrected chi connectivity index (χ3v) is 5.26. The molecule has 0 aliphatic carbocycles. The predicted octanol–water partition coefficient (Wildman–Crippen LogP) is 3.98. The number of fused-ring (bicyclic) bond motifs is 1. The molecule has 0 unspecified atom stereocenters. The lowest BCUT2D eigenvalue weighted by atomic mass is 10.0. The molecule has 7 nitrogen and oxygen atoms in total. The Morgan fingerprint density at radius 1 is 1.19 bits per heavy atom. The van der Waals surface area contributed by atoms with Gasteiger partial charge in [0.2, 0.25) is 0 Å². The van der Waals surface area contributed by atoms with Gasteiger partial charge in [0.05, 0.1) is 35.2 Å². The van der Waals surface area contributed by atoms with Crippen LogP contribution in [0.1, 0.15) is 11.3 Å². The second kappa shape index (κ2) is 9.25. The minimum absolute atomic E-state index is 0.0850. The molecular weight excluding hydrogens is 429 g/mol. The number of nitrogens with two attached hydrogens (primary N) is 1. The number of hydrogen-bond donors (Lipinski definition) is 3. The third kappa shape index (κ3) is 4.37. The van der Waals surface area contributed by atoms with E-state index in [4.69, 9.17) is 22.7 Å². The highest BCUT2D eigenvalue weighted by molar-refractivity contribution is 6.31. The van der Waals surface area contributed by atoms with Crippen molar-refractivity contribution in [1.29, 1.82) is 5.41 Å². The summed E-state index contributed by atoms with van der Waals surface area (Å²) in [6.45, 7) is 1.57. The standard InChI is InChI=1S/C23H21ClFN7/c1-28-6-7-32-13-15(12-30-32)14-8-22-21(29-11-14)5-4-20(31-22)18(10-26)23(27)17-9-16(24)2-3-19(17)25/h2-5,8-13,26,28H,6-7,27H2,1H3. The highest BCUT2D eigenvalue weighted by Crippen LogP contribution is 2.27. The molecule has 32 heavy (non-hydrogen) atoms. The molecule has 1 aromatic carbocycles. The first-order chi connectivity index (χ1) is 15.5. The van der Waals surface area contributed by atoms with Gasteiger partial charge in [-0.1, -0.05) is 11.6 Å². The highest BCUT2D eigenvalue weighted by Gasteiger charge is 2.14. The summed E-state index contributed by atoms with van der Waals surface area (Å²) in [5.74, 6) is -0.522. The van der Waals surface area contributed by atoms with E-state index < -0.39 is 5.82 Å². The summed E-state index contributed by atoms with van der Waals surface area (Å²) in [7, 11) is 1.89. The number of allylic oxidation sites excluding steroid dienone is 1. The number of halogens is 2. The van der Waals surface area contributed by atoms with E-state index in [0.29, 0.717) is 27.3 Å². The maximum absolute atomic E-state index is 14.3. The van der Waals surface area contributed by atoms with E-state index in [1.165, 1.54) is 18.2 Å². The Kier molecular flexibility index (Phi) is 6.25. The van der Waals surface area contributed by atoms with Crippen molar-refractivity contribution in [3.05, 3.63) is 77.1 Å². The van der Waals surface area contributed by atoms with E-state index in [1.807, 2.05) is 24.0 Å². The molecule has 4 N–H and O–H groups in total. The van der Waals surface area contributed by atoms with Crippen molar-refractivity contribution in [2.45, 2.75) is 6.54 Å². The molecule has 162 valence electrons. The molecule has 4 rings (SSSR count). The van der Waals surface area contributed by atoms with E-state index in [2.05, 4.69) is 20.4 Å². The Morgan fingerprint density at radius 2 is 2.03 bits per heavy atom. The van der Waals surface area contributed by atoms with Crippen molar-refractivity contribution in [1.82, 2.24) is 25.1 Å². The van der Waals surface area contributed by atoms with Crippen molar-refractivity contribution in [2.24, 2.45) is 5.73 Å². The molecule has 0 spiro atoms. The summed E-state index contributed by atoms with van der Waals surface area (Å²) in [4.78, 5) is 9.13. The SMILES string of the molecule is CNCCn1cc(-c2cnc3ccc(C(C=N)=C(N)c4cc(Cl)ccc4F)nc3c2)cn1. The summed E-state index contributed by atoms with van der Waals surface area (Å²) in [5, 5.41) is 15.7. The first kappa shape index (κ1) is 21.6. The number of likely N-dealkylation sites (N-methyl/N-ethyl adjacent to an activating group) is 1. The van der Waals surface area contributed by atoms with Crippen LogP contribution < -0.4 is 11.1 Å². The molecule has 0 bridgehead atoms. The van der Waals surface area contributed by atoms with Gasteiger partial charge in [-0.2, -0.15) is 5.10 Å². The summed E-state index contributed by atoms with van der Waals surface area (Å²) in [6.07, 6.45) is 6.57. The third-order valence-electron chi connectivity index (χ3n) is 5.02. The van der Waals surface area contributed by atoms with E-state index in [-0.39, 0.29) is 11.3 Å². The lowest BCUT2D eigenvalue weighted by Gasteiger charge is -2.10. The summed E-state index contributed by atoms with van der Waals surface area (Å²) >= 11 is 6.00. The van der Waals surface area contributed by atoms with Gasteiger partial charge in [0.15, 0.2) is 0 Å². The van der Waals surface area contributed by atoms with Gasteiger partial charge in [0.25, 0.3) is 0 Å². The van der Waals surface area contributed by atoms with E-state index in [1.54, 1.807) is 24.5 Å². The number of nitrogens with zero attached hydrogens (tertiary/aromatic N) is 4. The van der Waals surface area contributed by atoms with Gasteiger partial charge in [0, 0.05) is 52.4 Å². The second-order valence-electron chi connectivity index (χ2n) is 7.15. The van der Waals surface area contributed by atoms with Crippen LogP contribution in [0.3, 0.4) is 0 Å². The zero-order chi connectivity index (χ0) is 22.7. The Morgan fingerprint density at radius 3 is 2.81 bits per heavy atom. The predicted molar refractivity (Wildman–Crippen MR) is 126 cm³/mol. The van der Waals surface area contributed by atoms with Crippen molar-refractivity contribution in [3.63, 3.8) is 0 Å². The van der Waals surface area contributed by atoms with E-state index in [0.717, 1.165) is 30.4 Å². The zero-order valence-corrected chi connectivity index (χ0v) is 18.1. The lowest BCUT2D eigenvalue weighted by Crippen LogP contribution is -2.14. The molecule has 0 fully saturated rings. The molecule has 9 heteroatoms. The zero-order valence-electron chi connectivity index (χ0n) is 17.3. The van der Waals surface area contributed by atoms with E-state index >= 15 is 0 Å². The van der Waals surface area contributed by atoms with Gasteiger partial charge < -0.3 is 16.5 Å². The summed E-state index contributed by atoms with van der Waals surface area (Å²) in [5.41, 5.74) is 10.3. The monoisotopic (exact) mass is 449 g/mol. The van der Waals surface area contributed by atoms with Gasteiger partial charge in [-0.15, -0.1) is 0 Å². The summed E-state index contributed by atoms with van der Waals surface area (Å²) in [6, 6.07) is 9.53. The van der Waals surface area contributed by atoms with Gasteiger partial charge in [-0.25, -0.2) is 9.37 Å². The number of aromatic nitrogens is 4. The lowest BCUT2D eigenvalue weighted by molar-refractivity contribution is 0.585. The normalized spacial score (nSPS) is 12.1. The van der Waals surface area contributed by atoms with Gasteiger partial charge in [0.1, 0.15) is 5.82 Å². The average Bonchev–Trinajstić information content (AvgIpc) is 3.28. The fourth-order valence-corrected chi connectivity index (χ4v) is 3.49. The van der Waals surface area contributed by atoms with Crippen molar-refractivity contribution >= 4 is 40.1 Å². The van der Waals surface area contributed by atoms with Crippen LogP contribution in [0.25, 0.3) is 33.4 Å². The molecule has 0 aliphatic rings. The Hall–Kier alpha value is -3.62. The van der Waals surface area contributed by atoms with Crippen molar-refractivity contribution in [2.75, 3.05) is 13.6 Å². The number of nitrogens with one attached hydrogen (secondary N) is 2. The van der Waals surface area contributed by atoms with Crippen LogP contribution in [-0.4, -0.2) is 39.6 Å². The van der Waals surface area contributed by atoms with Gasteiger partial charge in [-0.3, -0.25) is 9.67 Å². The van der Waals surface area contributed by atoms with Gasteiger partial charge >= 0.3 is 0 Å². The molecular formula is C23H21ClFN7. The number of benzene rings is 1. The fraction of sp³-hybridized carbons (Fsp3) is 0.130. The Labute approximate surface area is 189 Å². The molecule has 0 aliphatic heterocycles. The molecule has 0 saturated carbocycles. The molecule has 4 aromatic rings. The molecule has 3 aromatic heterocycles. The fourth-order valence-electron chi connectivity index (χ4n) is 3.31. The van der Waals surface area contributed by atoms with Crippen LogP contribution in [0.4, 0.5) is 4.39 Å². The van der Waals surface area contributed by atoms with Crippen LogP contribution in [0.5, 0.6) is 0 Å². The molecule has 0 saturated heterocycles. The molecule has 0 atom stereocenters. The van der Waals surface area contributed by atoms with Crippen molar-refractivity contribution < 1.29 is 4.39 Å². The first-order valence-electron chi connectivity index (χ1n) is 9.90. The quantitative estimate of drug-likeness (QED) is 0.370. The maximum Gasteiger partial charge on any atom is 0.132 e. The second-order valence-corrected chi connectivity index (χ2v) is 7.59. The largest absolute Gasteiger partial charge is 0.398 e.